The lowest BCUT2D eigenvalue weighted by Gasteiger charge is -2.04. The van der Waals surface area contributed by atoms with Crippen LogP contribution in [0.1, 0.15) is 10.4 Å². The number of carboxylic acid groups (broad SMARTS) is 1. The van der Waals surface area contributed by atoms with Gasteiger partial charge in [0.2, 0.25) is 0 Å². The van der Waals surface area contributed by atoms with Gasteiger partial charge in [0.1, 0.15) is 12.1 Å². The Morgan fingerprint density at radius 3 is 2.68 bits per heavy atom. The fourth-order valence-electron chi connectivity index (χ4n) is 1.72. The van der Waals surface area contributed by atoms with Crippen molar-refractivity contribution < 1.29 is 23.1 Å². The summed E-state index contributed by atoms with van der Waals surface area (Å²) < 4.78 is 37.9. The van der Waals surface area contributed by atoms with Crippen LogP contribution >= 0.6 is 15.9 Å². The summed E-state index contributed by atoms with van der Waals surface area (Å²) in [4.78, 5) is 11.1. The van der Waals surface area contributed by atoms with E-state index >= 15 is 0 Å². The van der Waals surface area contributed by atoms with Crippen molar-refractivity contribution in [1.82, 2.24) is 9.78 Å². The third-order valence-corrected chi connectivity index (χ3v) is 2.99. The number of nitrogens with zero attached hydrogens (tertiary/aromatic N) is 2. The van der Waals surface area contributed by atoms with E-state index in [0.29, 0.717) is 9.15 Å². The number of aromatic nitrogens is 2. The van der Waals surface area contributed by atoms with Gasteiger partial charge < -0.3 is 10.8 Å². The number of alkyl halides is 3. The van der Waals surface area contributed by atoms with Crippen LogP contribution in [-0.4, -0.2) is 27.0 Å². The number of fused-ring (bicyclic) bond motifs is 1. The van der Waals surface area contributed by atoms with Crippen LogP contribution < -0.4 is 5.73 Å². The number of hydrogen-bond acceptors (Lipinski definition) is 3. The van der Waals surface area contributed by atoms with Crippen LogP contribution in [0.5, 0.6) is 0 Å². The highest BCUT2D eigenvalue weighted by Crippen LogP contribution is 2.31. The number of halogens is 4. The van der Waals surface area contributed by atoms with Crippen molar-refractivity contribution in [2.75, 3.05) is 5.73 Å². The molecule has 0 aliphatic heterocycles. The molecular weight excluding hydrogens is 331 g/mol. The Morgan fingerprint density at radius 2 is 2.16 bits per heavy atom. The van der Waals surface area contributed by atoms with Crippen molar-refractivity contribution in [1.29, 1.82) is 0 Å². The zero-order valence-electron chi connectivity index (χ0n) is 9.20. The number of rotatable bonds is 2. The zero-order valence-corrected chi connectivity index (χ0v) is 10.8. The van der Waals surface area contributed by atoms with Crippen LogP contribution in [-0.2, 0) is 6.54 Å². The first-order valence-corrected chi connectivity index (χ1v) is 5.73. The normalized spacial score (nSPS) is 12.0. The number of hydrogen-bond donors (Lipinski definition) is 2. The number of nitrogens with two attached hydrogens (primary N) is 1. The predicted octanol–water partition coefficient (Wildman–Crippen LogP) is 2.64. The molecule has 0 amide bonds. The van der Waals surface area contributed by atoms with E-state index < -0.39 is 18.7 Å². The molecule has 0 radical (unpaired) electrons. The molecule has 2 aromatic rings. The lowest BCUT2D eigenvalue weighted by Crippen LogP contribution is -2.17. The fraction of sp³-hybridized carbons (Fsp3) is 0.200. The molecule has 1 heterocycles. The molecule has 0 unspecified atom stereocenters. The Labute approximate surface area is 112 Å². The van der Waals surface area contributed by atoms with Gasteiger partial charge in [-0.15, -0.1) is 0 Å². The topological polar surface area (TPSA) is 81.1 Å². The van der Waals surface area contributed by atoms with Gasteiger partial charge in [-0.1, -0.05) is 0 Å². The quantitative estimate of drug-likeness (QED) is 0.825. The first kappa shape index (κ1) is 13.7. The van der Waals surface area contributed by atoms with Crippen molar-refractivity contribution in [2.45, 2.75) is 12.7 Å². The van der Waals surface area contributed by atoms with Crippen LogP contribution in [0.3, 0.4) is 0 Å². The molecule has 1 aromatic carbocycles. The van der Waals surface area contributed by atoms with Crippen molar-refractivity contribution in [2.24, 2.45) is 0 Å². The van der Waals surface area contributed by atoms with Gasteiger partial charge in [-0.05, 0) is 22.0 Å². The van der Waals surface area contributed by atoms with E-state index in [1.807, 2.05) is 0 Å². The minimum Gasteiger partial charge on any atom is -0.478 e. The maximum atomic E-state index is 12.3. The summed E-state index contributed by atoms with van der Waals surface area (Å²) in [6.07, 6.45) is -3.42. The molecule has 0 fully saturated rings. The van der Waals surface area contributed by atoms with Gasteiger partial charge in [-0.25, -0.2) is 4.79 Å². The maximum Gasteiger partial charge on any atom is 0.408 e. The van der Waals surface area contributed by atoms with E-state index in [0.717, 1.165) is 6.20 Å². The van der Waals surface area contributed by atoms with Crippen LogP contribution in [0.2, 0.25) is 0 Å². The van der Waals surface area contributed by atoms with Crippen LogP contribution in [0.25, 0.3) is 10.9 Å². The fourth-order valence-corrected chi connectivity index (χ4v) is 2.26. The number of benzene rings is 1. The minimum absolute atomic E-state index is 0.0431. The smallest absolute Gasteiger partial charge is 0.408 e. The highest BCUT2D eigenvalue weighted by Gasteiger charge is 2.29. The van der Waals surface area contributed by atoms with Gasteiger partial charge >= 0.3 is 12.1 Å². The van der Waals surface area contributed by atoms with Crippen LogP contribution in [0.4, 0.5) is 18.9 Å². The Kier molecular flexibility index (Phi) is 3.17. The third kappa shape index (κ3) is 2.65. The standard InChI is InChI=1S/C10H7BrF3N3O2/c11-5-1-6(15)7(9(18)19)4-2-17(16-8(4)5)3-10(12,13)14/h1-2H,3,15H2,(H,18,19). The minimum atomic E-state index is -4.44. The number of carbonyl (C=O) groups is 1. The lowest BCUT2D eigenvalue weighted by molar-refractivity contribution is -0.142. The summed E-state index contributed by atoms with van der Waals surface area (Å²) in [6.45, 7) is -1.30. The molecule has 3 N–H and O–H groups in total. The second-order valence-corrected chi connectivity index (χ2v) is 4.69. The Balaban J connectivity index is 2.67. The second kappa shape index (κ2) is 4.41. The van der Waals surface area contributed by atoms with Gasteiger partial charge in [-0.3, -0.25) is 4.68 Å². The van der Waals surface area contributed by atoms with Crippen molar-refractivity contribution in [3.05, 3.63) is 22.3 Å². The summed E-state index contributed by atoms with van der Waals surface area (Å²) >= 11 is 3.09. The molecule has 5 nitrogen and oxygen atoms in total. The van der Waals surface area contributed by atoms with Gasteiger partial charge in [0.25, 0.3) is 0 Å². The molecule has 2 rings (SSSR count). The van der Waals surface area contributed by atoms with E-state index in [9.17, 15) is 18.0 Å². The molecule has 0 atom stereocenters. The van der Waals surface area contributed by atoms with E-state index in [1.54, 1.807) is 0 Å². The summed E-state index contributed by atoms with van der Waals surface area (Å²) in [7, 11) is 0. The van der Waals surface area contributed by atoms with Crippen molar-refractivity contribution in [3.63, 3.8) is 0 Å². The molecule has 9 heteroatoms. The molecule has 0 aliphatic carbocycles. The average Bonchev–Trinajstić information content (AvgIpc) is 2.57. The maximum absolute atomic E-state index is 12.3. The van der Waals surface area contributed by atoms with Gasteiger partial charge in [0, 0.05) is 21.7 Å². The number of carboxylic acids is 1. The number of anilines is 1. The van der Waals surface area contributed by atoms with Gasteiger partial charge in [0.15, 0.2) is 0 Å². The Morgan fingerprint density at radius 1 is 1.53 bits per heavy atom. The summed E-state index contributed by atoms with van der Waals surface area (Å²) in [6, 6.07) is 1.30. The number of aromatic carboxylic acids is 1. The van der Waals surface area contributed by atoms with Crippen LogP contribution in [0, 0.1) is 0 Å². The van der Waals surface area contributed by atoms with Crippen molar-refractivity contribution >= 4 is 38.5 Å². The molecule has 0 bridgehead atoms. The first-order chi connectivity index (χ1) is 8.69. The molecule has 19 heavy (non-hydrogen) atoms. The lowest BCUT2D eigenvalue weighted by atomic mass is 10.1. The molecule has 0 saturated heterocycles. The Hall–Kier alpha value is -1.77. The molecule has 0 aliphatic rings. The SMILES string of the molecule is Nc1cc(Br)c2nn(CC(F)(F)F)cc2c1C(=O)O. The molecule has 102 valence electrons. The van der Waals surface area contributed by atoms with Gasteiger partial charge in [0.05, 0.1) is 5.56 Å². The summed E-state index contributed by atoms with van der Waals surface area (Å²) in [5, 5.41) is 12.8. The van der Waals surface area contributed by atoms with Crippen LogP contribution in [0.15, 0.2) is 16.7 Å². The third-order valence-electron chi connectivity index (χ3n) is 2.38. The average molecular weight is 338 g/mol. The summed E-state index contributed by atoms with van der Waals surface area (Å²) in [5.74, 6) is -1.32. The second-order valence-electron chi connectivity index (χ2n) is 3.83. The molecular formula is C10H7BrF3N3O2. The molecule has 0 spiro atoms. The first-order valence-electron chi connectivity index (χ1n) is 4.94. The van der Waals surface area contributed by atoms with E-state index in [-0.39, 0.29) is 22.2 Å². The molecule has 0 saturated carbocycles. The van der Waals surface area contributed by atoms with E-state index in [4.69, 9.17) is 10.8 Å². The highest BCUT2D eigenvalue weighted by atomic mass is 79.9. The number of nitrogen functional groups attached to an aromatic ring is 1. The predicted molar refractivity (Wildman–Crippen MR) is 64.9 cm³/mol. The zero-order chi connectivity index (χ0) is 14.4. The largest absolute Gasteiger partial charge is 0.478 e. The van der Waals surface area contributed by atoms with E-state index in [2.05, 4.69) is 21.0 Å². The molecule has 1 aromatic heterocycles. The summed E-state index contributed by atoms with van der Waals surface area (Å²) in [5.41, 5.74) is 5.38. The van der Waals surface area contributed by atoms with Crippen molar-refractivity contribution in [3.8, 4) is 0 Å². The monoisotopic (exact) mass is 337 g/mol. The highest BCUT2D eigenvalue weighted by molar-refractivity contribution is 9.10. The van der Waals surface area contributed by atoms with Gasteiger partial charge in [-0.2, -0.15) is 18.3 Å². The van der Waals surface area contributed by atoms with E-state index in [1.165, 1.54) is 6.07 Å². The Bertz CT molecular complexity index is 666.